The van der Waals surface area contributed by atoms with E-state index in [4.69, 9.17) is 16.3 Å². The summed E-state index contributed by atoms with van der Waals surface area (Å²) in [5, 5.41) is 0.653. The maximum absolute atomic E-state index is 13.1. The third-order valence-electron chi connectivity index (χ3n) is 5.34. The molecule has 0 spiro atoms. The van der Waals surface area contributed by atoms with Gasteiger partial charge in [0.05, 0.1) is 12.0 Å². The van der Waals surface area contributed by atoms with E-state index in [0.29, 0.717) is 35.6 Å². The third kappa shape index (κ3) is 2.08. The number of Topliss-reactive ketones (excluding diaryl/α,β-unsaturated/α-hetero) is 2. The number of hydrogen-bond donors (Lipinski definition) is 0. The lowest BCUT2D eigenvalue weighted by Gasteiger charge is -2.28. The predicted octanol–water partition coefficient (Wildman–Crippen LogP) is 4.43. The van der Waals surface area contributed by atoms with Crippen LogP contribution in [0.3, 0.4) is 0 Å². The molecule has 0 amide bonds. The normalized spacial score (nSPS) is 24.1. The number of ether oxygens (including phenoxy) is 1. The quantitative estimate of drug-likeness (QED) is 0.611. The third-order valence-corrected chi connectivity index (χ3v) is 5.59. The highest BCUT2D eigenvalue weighted by atomic mass is 35.5. The van der Waals surface area contributed by atoms with Crippen molar-refractivity contribution in [3.63, 3.8) is 0 Å². The maximum atomic E-state index is 13.1. The van der Waals surface area contributed by atoms with Crippen molar-refractivity contribution < 1.29 is 14.3 Å². The number of rotatable bonds is 4. The van der Waals surface area contributed by atoms with E-state index < -0.39 is 11.0 Å². The summed E-state index contributed by atoms with van der Waals surface area (Å²) in [5.41, 5.74) is 0.456. The Labute approximate surface area is 145 Å². The van der Waals surface area contributed by atoms with Gasteiger partial charge >= 0.3 is 0 Å². The van der Waals surface area contributed by atoms with Crippen molar-refractivity contribution in [2.75, 3.05) is 6.61 Å². The molecule has 122 valence electrons. The minimum absolute atomic E-state index is 0.0746. The highest BCUT2D eigenvalue weighted by Crippen LogP contribution is 2.53. The maximum Gasteiger partial charge on any atom is 0.177 e. The Kier molecular flexibility index (Phi) is 3.41. The lowest BCUT2D eigenvalue weighted by Crippen LogP contribution is -2.37. The minimum Gasteiger partial charge on any atom is -0.364 e. The SMILES string of the molecule is CCC1(CC2(c3ccc(Cl)cc3)CO2)C(=O)c2ccccc2C1=O. The number of fused-ring (bicyclic) bond motifs is 1. The van der Waals surface area contributed by atoms with Crippen LogP contribution in [-0.2, 0) is 10.3 Å². The molecule has 4 rings (SSSR count). The van der Waals surface area contributed by atoms with Crippen LogP contribution >= 0.6 is 11.6 Å². The molecule has 0 radical (unpaired) electrons. The summed E-state index contributed by atoms with van der Waals surface area (Å²) in [6.07, 6.45) is 0.850. The van der Waals surface area contributed by atoms with Crippen molar-refractivity contribution in [1.82, 2.24) is 0 Å². The molecule has 1 heterocycles. The van der Waals surface area contributed by atoms with Crippen molar-refractivity contribution in [1.29, 1.82) is 0 Å². The average Bonchev–Trinajstić information content (AvgIpc) is 3.36. The number of benzene rings is 2. The molecule has 1 aliphatic carbocycles. The molecular formula is C20H17ClO3. The molecule has 0 bridgehead atoms. The van der Waals surface area contributed by atoms with Gasteiger partial charge in [0.2, 0.25) is 0 Å². The molecule has 0 saturated carbocycles. The zero-order chi connectivity index (χ0) is 16.9. The van der Waals surface area contributed by atoms with Gasteiger partial charge < -0.3 is 4.74 Å². The molecule has 1 unspecified atom stereocenters. The Morgan fingerprint density at radius 2 is 1.54 bits per heavy atom. The van der Waals surface area contributed by atoms with E-state index in [1.165, 1.54) is 0 Å². The Morgan fingerprint density at radius 3 is 2.00 bits per heavy atom. The second kappa shape index (κ2) is 5.27. The number of halogens is 1. The fourth-order valence-corrected chi connectivity index (χ4v) is 3.93. The number of ketones is 2. The molecule has 3 nitrogen and oxygen atoms in total. The summed E-state index contributed by atoms with van der Waals surface area (Å²) in [7, 11) is 0. The van der Waals surface area contributed by atoms with Gasteiger partial charge in [-0.3, -0.25) is 9.59 Å². The van der Waals surface area contributed by atoms with Crippen LogP contribution in [0.25, 0.3) is 0 Å². The van der Waals surface area contributed by atoms with Crippen molar-refractivity contribution in [2.24, 2.45) is 5.41 Å². The monoisotopic (exact) mass is 340 g/mol. The summed E-state index contributed by atoms with van der Waals surface area (Å²) in [4.78, 5) is 26.1. The van der Waals surface area contributed by atoms with Gasteiger partial charge in [0, 0.05) is 22.6 Å². The van der Waals surface area contributed by atoms with E-state index in [-0.39, 0.29) is 11.6 Å². The molecule has 0 aromatic heterocycles. The molecule has 24 heavy (non-hydrogen) atoms. The number of carbonyl (C=O) groups excluding carboxylic acids is 2. The summed E-state index contributed by atoms with van der Waals surface area (Å²) in [6, 6.07) is 14.5. The predicted molar refractivity (Wildman–Crippen MR) is 91.5 cm³/mol. The lowest BCUT2D eigenvalue weighted by molar-refractivity contribution is 0.0617. The van der Waals surface area contributed by atoms with Crippen LogP contribution in [0, 0.1) is 5.41 Å². The van der Waals surface area contributed by atoms with Crippen molar-refractivity contribution in [3.8, 4) is 0 Å². The highest BCUT2D eigenvalue weighted by Gasteiger charge is 2.60. The van der Waals surface area contributed by atoms with Gasteiger partial charge in [-0.25, -0.2) is 0 Å². The van der Waals surface area contributed by atoms with Crippen molar-refractivity contribution in [3.05, 3.63) is 70.2 Å². The Bertz CT molecular complexity index is 799. The van der Waals surface area contributed by atoms with Crippen LogP contribution in [0.15, 0.2) is 48.5 Å². The van der Waals surface area contributed by atoms with Crippen LogP contribution < -0.4 is 0 Å². The van der Waals surface area contributed by atoms with E-state index in [1.54, 1.807) is 24.3 Å². The molecule has 0 N–H and O–H groups in total. The van der Waals surface area contributed by atoms with Crippen LogP contribution in [0.5, 0.6) is 0 Å². The van der Waals surface area contributed by atoms with E-state index in [2.05, 4.69) is 0 Å². The first-order valence-electron chi connectivity index (χ1n) is 8.11. The molecule has 2 aromatic rings. The second-order valence-corrected chi connectivity index (χ2v) is 7.04. The lowest BCUT2D eigenvalue weighted by atomic mass is 9.71. The summed E-state index contributed by atoms with van der Waals surface area (Å²) >= 11 is 5.97. The van der Waals surface area contributed by atoms with Crippen molar-refractivity contribution >= 4 is 23.2 Å². The van der Waals surface area contributed by atoms with Gasteiger partial charge in [-0.05, 0) is 24.1 Å². The van der Waals surface area contributed by atoms with Gasteiger partial charge in [0.1, 0.15) is 5.60 Å². The zero-order valence-corrected chi connectivity index (χ0v) is 14.1. The fraction of sp³-hybridized carbons (Fsp3) is 0.300. The van der Waals surface area contributed by atoms with Gasteiger partial charge in [0.25, 0.3) is 0 Å². The molecule has 2 aromatic carbocycles. The van der Waals surface area contributed by atoms with E-state index >= 15 is 0 Å². The van der Waals surface area contributed by atoms with Gasteiger partial charge in [-0.1, -0.05) is 54.9 Å². The van der Waals surface area contributed by atoms with Gasteiger partial charge in [-0.2, -0.15) is 0 Å². The second-order valence-electron chi connectivity index (χ2n) is 6.61. The minimum atomic E-state index is -1.03. The number of epoxide rings is 1. The van der Waals surface area contributed by atoms with Gasteiger partial charge in [0.15, 0.2) is 11.6 Å². The highest BCUT2D eigenvalue weighted by molar-refractivity contribution is 6.30. The van der Waals surface area contributed by atoms with E-state index in [1.807, 2.05) is 31.2 Å². The number of carbonyl (C=O) groups is 2. The molecule has 1 aliphatic heterocycles. The summed E-state index contributed by atoms with van der Waals surface area (Å²) < 4.78 is 5.76. The Hall–Kier alpha value is -1.97. The van der Waals surface area contributed by atoms with Gasteiger partial charge in [-0.15, -0.1) is 0 Å². The molecule has 4 heteroatoms. The molecule has 1 saturated heterocycles. The molecular weight excluding hydrogens is 324 g/mol. The smallest absolute Gasteiger partial charge is 0.177 e. The summed E-state index contributed by atoms with van der Waals surface area (Å²) in [5.74, 6) is -0.149. The topological polar surface area (TPSA) is 46.7 Å². The Balaban J connectivity index is 1.74. The van der Waals surface area contributed by atoms with Crippen molar-refractivity contribution in [2.45, 2.75) is 25.4 Å². The molecule has 1 fully saturated rings. The van der Waals surface area contributed by atoms with Crippen LogP contribution in [0.4, 0.5) is 0 Å². The number of hydrogen-bond acceptors (Lipinski definition) is 3. The zero-order valence-electron chi connectivity index (χ0n) is 13.3. The first-order valence-corrected chi connectivity index (χ1v) is 8.49. The first kappa shape index (κ1) is 15.6. The fourth-order valence-electron chi connectivity index (χ4n) is 3.80. The van der Waals surface area contributed by atoms with Crippen LogP contribution in [0.2, 0.25) is 5.02 Å². The molecule has 1 atom stereocenters. The van der Waals surface area contributed by atoms with E-state index in [0.717, 1.165) is 5.56 Å². The van der Waals surface area contributed by atoms with E-state index in [9.17, 15) is 9.59 Å². The largest absolute Gasteiger partial charge is 0.364 e. The first-order chi connectivity index (χ1) is 11.5. The Morgan fingerprint density at radius 1 is 1.00 bits per heavy atom. The average molecular weight is 341 g/mol. The van der Waals surface area contributed by atoms with Crippen LogP contribution in [0.1, 0.15) is 46.0 Å². The molecule has 2 aliphatic rings. The summed E-state index contributed by atoms with van der Waals surface area (Å²) in [6.45, 7) is 2.42. The standard InChI is InChI=1S/C20H17ClO3/c1-2-19(17(22)15-5-3-4-6-16(15)18(19)23)11-20(12-24-20)13-7-9-14(21)10-8-13/h3-10H,2,11-12H2,1H3. The van der Waals surface area contributed by atoms with Crippen LogP contribution in [-0.4, -0.2) is 18.2 Å².